The minimum Gasteiger partial charge on any atom is -0.429 e. The molecule has 0 bridgehead atoms. The van der Waals surface area contributed by atoms with Crippen molar-refractivity contribution in [2.75, 3.05) is 0 Å². The molecule has 0 N–H and O–H groups in total. The van der Waals surface area contributed by atoms with Gasteiger partial charge < -0.3 is 4.74 Å². The molecule has 0 atom stereocenters. The van der Waals surface area contributed by atoms with Gasteiger partial charge in [0.1, 0.15) is 17.1 Å². The SMILES string of the molecule is CCCCCc1cc2ccc(-c3ccc(C(F)(F)Oc4cc(F)c(F)c(F)c4)c(F)c3F)c(F)c2c(F)c1F. The molecule has 11 heteroatoms. The van der Waals surface area contributed by atoms with E-state index in [1.54, 1.807) is 0 Å². The molecule has 0 unspecified atom stereocenters. The number of hydrogen-bond donors (Lipinski definition) is 0. The van der Waals surface area contributed by atoms with Gasteiger partial charge in [0, 0.05) is 23.3 Å². The Hall–Kier alpha value is -3.76. The van der Waals surface area contributed by atoms with Crippen molar-refractivity contribution in [3.63, 3.8) is 0 Å². The smallest absolute Gasteiger partial charge is 0.429 e. The van der Waals surface area contributed by atoms with E-state index in [9.17, 15) is 39.5 Å². The normalized spacial score (nSPS) is 11.9. The minimum absolute atomic E-state index is 0.0188. The van der Waals surface area contributed by atoms with Gasteiger partial charge in [-0.1, -0.05) is 38.0 Å². The fraction of sp³-hybridized carbons (Fsp3) is 0.214. The van der Waals surface area contributed by atoms with Crippen molar-refractivity contribution < 1.29 is 48.6 Å². The summed E-state index contributed by atoms with van der Waals surface area (Å²) in [7, 11) is 0. The highest BCUT2D eigenvalue weighted by Crippen LogP contribution is 2.39. The summed E-state index contributed by atoms with van der Waals surface area (Å²) >= 11 is 0. The Morgan fingerprint density at radius 1 is 0.641 bits per heavy atom. The van der Waals surface area contributed by atoms with Crippen LogP contribution >= 0.6 is 0 Å². The topological polar surface area (TPSA) is 9.23 Å². The van der Waals surface area contributed by atoms with Gasteiger partial charge in [-0.05, 0) is 35.9 Å². The summed E-state index contributed by atoms with van der Waals surface area (Å²) in [5, 5.41) is -0.875. The van der Waals surface area contributed by atoms with Crippen molar-refractivity contribution >= 4 is 10.8 Å². The van der Waals surface area contributed by atoms with Crippen LogP contribution in [0.25, 0.3) is 21.9 Å². The van der Waals surface area contributed by atoms with Gasteiger partial charge in [0.2, 0.25) is 0 Å². The summed E-state index contributed by atoms with van der Waals surface area (Å²) in [5.74, 6) is -15.4. The summed E-state index contributed by atoms with van der Waals surface area (Å²) in [6.07, 6.45) is -2.36. The third-order valence-corrected chi connectivity index (χ3v) is 6.14. The Bertz CT molecular complexity index is 1540. The van der Waals surface area contributed by atoms with Gasteiger partial charge >= 0.3 is 6.11 Å². The molecule has 0 saturated carbocycles. The maximum absolute atomic E-state index is 15.3. The Morgan fingerprint density at radius 3 is 1.90 bits per heavy atom. The van der Waals surface area contributed by atoms with Gasteiger partial charge in [0.25, 0.3) is 0 Å². The van der Waals surface area contributed by atoms with Gasteiger partial charge in [0.15, 0.2) is 40.7 Å². The molecular formula is C28H18F10O. The van der Waals surface area contributed by atoms with Crippen molar-refractivity contribution in [3.8, 4) is 16.9 Å². The summed E-state index contributed by atoms with van der Waals surface area (Å²) < 4.78 is 147. The summed E-state index contributed by atoms with van der Waals surface area (Å²) in [4.78, 5) is 0. The van der Waals surface area contributed by atoms with E-state index in [-0.39, 0.29) is 29.5 Å². The van der Waals surface area contributed by atoms with Crippen molar-refractivity contribution in [2.24, 2.45) is 0 Å². The standard InChI is InChI=1S/C28H18F10O/c1-2-3-4-5-14-10-13-6-7-16(23(32)21(13)27(36)22(14)31)17-8-9-18(25(34)24(17)33)28(37,38)39-15-11-19(29)26(35)20(30)12-15/h6-12H,2-5H2,1H3. The van der Waals surface area contributed by atoms with Gasteiger partial charge in [-0.25, -0.2) is 35.1 Å². The zero-order valence-electron chi connectivity index (χ0n) is 20.1. The molecule has 0 saturated heterocycles. The Kier molecular flexibility index (Phi) is 7.81. The average Bonchev–Trinajstić information content (AvgIpc) is 2.87. The van der Waals surface area contributed by atoms with E-state index in [0.29, 0.717) is 18.6 Å². The van der Waals surface area contributed by atoms with Gasteiger partial charge in [-0.2, -0.15) is 8.78 Å². The van der Waals surface area contributed by atoms with Crippen LogP contribution in [-0.4, -0.2) is 0 Å². The highest BCUT2D eigenvalue weighted by Gasteiger charge is 2.40. The van der Waals surface area contributed by atoms with Crippen molar-refractivity contribution in [1.29, 1.82) is 0 Å². The van der Waals surface area contributed by atoms with Crippen LogP contribution in [0.1, 0.15) is 37.3 Å². The average molecular weight is 560 g/mol. The number of hydrogen-bond acceptors (Lipinski definition) is 1. The van der Waals surface area contributed by atoms with Crippen LogP contribution in [0.3, 0.4) is 0 Å². The van der Waals surface area contributed by atoms with E-state index in [1.165, 1.54) is 6.07 Å². The van der Waals surface area contributed by atoms with Crippen molar-refractivity contribution in [3.05, 3.63) is 100 Å². The predicted octanol–water partition coefficient (Wildman–Crippen LogP) is 9.48. The molecule has 0 heterocycles. The van der Waals surface area contributed by atoms with Crippen LogP contribution in [0, 0.1) is 46.5 Å². The molecule has 0 spiro atoms. The number of fused-ring (bicyclic) bond motifs is 1. The van der Waals surface area contributed by atoms with E-state index >= 15 is 4.39 Å². The maximum atomic E-state index is 15.3. The molecule has 0 aliphatic rings. The quantitative estimate of drug-likeness (QED) is 0.119. The number of ether oxygens (including phenoxy) is 1. The second-order valence-electron chi connectivity index (χ2n) is 8.75. The van der Waals surface area contributed by atoms with E-state index in [0.717, 1.165) is 25.0 Å². The van der Waals surface area contributed by atoms with Gasteiger partial charge in [0.05, 0.1) is 5.39 Å². The number of benzene rings is 4. The fourth-order valence-corrected chi connectivity index (χ4v) is 4.17. The molecular weight excluding hydrogens is 542 g/mol. The molecule has 1 nitrogen and oxygen atoms in total. The largest absolute Gasteiger partial charge is 0.429 e. The fourth-order valence-electron chi connectivity index (χ4n) is 4.17. The zero-order chi connectivity index (χ0) is 28.6. The number of unbranched alkanes of at least 4 members (excludes halogenated alkanes) is 2. The molecule has 39 heavy (non-hydrogen) atoms. The first-order valence-corrected chi connectivity index (χ1v) is 11.7. The second kappa shape index (κ2) is 10.8. The summed E-state index contributed by atoms with van der Waals surface area (Å²) in [6.45, 7) is 1.92. The Balaban J connectivity index is 1.74. The zero-order valence-corrected chi connectivity index (χ0v) is 20.1. The molecule has 0 amide bonds. The summed E-state index contributed by atoms with van der Waals surface area (Å²) in [6, 6.07) is 4.37. The van der Waals surface area contributed by atoms with Crippen LogP contribution in [0.4, 0.5) is 43.9 Å². The molecule has 4 aromatic carbocycles. The van der Waals surface area contributed by atoms with Gasteiger partial charge in [-0.15, -0.1) is 0 Å². The molecule has 206 valence electrons. The molecule has 0 aromatic heterocycles. The Morgan fingerprint density at radius 2 is 1.26 bits per heavy atom. The molecule has 0 fully saturated rings. The maximum Gasteiger partial charge on any atom is 0.429 e. The predicted molar refractivity (Wildman–Crippen MR) is 123 cm³/mol. The van der Waals surface area contributed by atoms with Crippen molar-refractivity contribution in [1.82, 2.24) is 0 Å². The summed E-state index contributed by atoms with van der Waals surface area (Å²) in [5.41, 5.74) is -3.35. The third-order valence-electron chi connectivity index (χ3n) is 6.14. The first kappa shape index (κ1) is 28.3. The number of alkyl halides is 2. The lowest BCUT2D eigenvalue weighted by Crippen LogP contribution is -2.24. The van der Waals surface area contributed by atoms with Gasteiger partial charge in [-0.3, -0.25) is 0 Å². The van der Waals surface area contributed by atoms with Crippen molar-refractivity contribution in [2.45, 2.75) is 38.7 Å². The van der Waals surface area contributed by atoms with E-state index in [4.69, 9.17) is 0 Å². The molecule has 4 rings (SSSR count). The molecule has 0 aliphatic carbocycles. The van der Waals surface area contributed by atoms with Crippen LogP contribution in [-0.2, 0) is 12.5 Å². The molecule has 0 aliphatic heterocycles. The lowest BCUT2D eigenvalue weighted by molar-refractivity contribution is -0.187. The van der Waals surface area contributed by atoms with E-state index in [1.807, 2.05) is 6.92 Å². The van der Waals surface area contributed by atoms with Crippen LogP contribution in [0.2, 0.25) is 0 Å². The molecule has 0 radical (unpaired) electrons. The minimum atomic E-state index is -4.72. The first-order chi connectivity index (χ1) is 18.4. The third kappa shape index (κ3) is 5.26. The highest BCUT2D eigenvalue weighted by molar-refractivity contribution is 5.89. The van der Waals surface area contributed by atoms with Crippen LogP contribution in [0.15, 0.2) is 42.5 Å². The monoisotopic (exact) mass is 560 g/mol. The first-order valence-electron chi connectivity index (χ1n) is 11.7. The number of halogens is 10. The van der Waals surface area contributed by atoms with E-state index in [2.05, 4.69) is 4.74 Å². The van der Waals surface area contributed by atoms with Crippen LogP contribution in [0.5, 0.6) is 5.75 Å². The lowest BCUT2D eigenvalue weighted by Gasteiger charge is -2.20. The Labute approximate surface area is 215 Å². The van der Waals surface area contributed by atoms with E-state index < -0.39 is 80.5 Å². The number of aryl methyl sites for hydroxylation is 1. The molecule has 4 aromatic rings. The van der Waals surface area contributed by atoms with Crippen LogP contribution < -0.4 is 4.74 Å². The number of rotatable bonds is 8. The second-order valence-corrected chi connectivity index (χ2v) is 8.75. The highest BCUT2D eigenvalue weighted by atomic mass is 19.3. The lowest BCUT2D eigenvalue weighted by atomic mass is 9.95.